The summed E-state index contributed by atoms with van der Waals surface area (Å²) < 4.78 is 16.7. The van der Waals surface area contributed by atoms with Crippen LogP contribution in [0.2, 0.25) is 0 Å². The Labute approximate surface area is 200 Å². The number of ether oxygens (including phenoxy) is 3. The van der Waals surface area contributed by atoms with Crippen molar-refractivity contribution in [1.82, 2.24) is 9.80 Å². The van der Waals surface area contributed by atoms with Crippen molar-refractivity contribution in [3.63, 3.8) is 0 Å². The Kier molecular flexibility index (Phi) is 7.83. The van der Waals surface area contributed by atoms with Gasteiger partial charge in [-0.15, -0.1) is 0 Å². The number of nitrogens with zero attached hydrogens (tertiary/aromatic N) is 2. The maximum Gasteiger partial charge on any atom is 0.295 e. The normalized spacial score (nSPS) is 17.5. The molecule has 1 heterocycles. The maximum absolute atomic E-state index is 13.2. The minimum atomic E-state index is -0.836. The molecule has 182 valence electrons. The van der Waals surface area contributed by atoms with Crippen LogP contribution in [0.15, 0.2) is 48.0 Å². The Morgan fingerprint density at radius 1 is 1.06 bits per heavy atom. The molecule has 0 unspecified atom stereocenters. The van der Waals surface area contributed by atoms with Gasteiger partial charge in [-0.1, -0.05) is 12.1 Å². The summed E-state index contributed by atoms with van der Waals surface area (Å²) in [5.74, 6) is -0.154. The number of carbonyl (C=O) groups is 2. The molecule has 3 rings (SSSR count). The Balaban J connectivity index is 2.17. The van der Waals surface area contributed by atoms with Gasteiger partial charge in [0, 0.05) is 24.2 Å². The quantitative estimate of drug-likeness (QED) is 0.342. The van der Waals surface area contributed by atoms with E-state index < -0.39 is 17.7 Å². The van der Waals surface area contributed by atoms with Crippen LogP contribution in [0, 0.1) is 0 Å². The number of carbonyl (C=O) groups excluding carboxylic acids is 2. The van der Waals surface area contributed by atoms with Crippen molar-refractivity contribution in [2.24, 2.45) is 0 Å². The highest BCUT2D eigenvalue weighted by atomic mass is 16.5. The first-order valence-electron chi connectivity index (χ1n) is 11.1. The van der Waals surface area contributed by atoms with E-state index in [1.54, 1.807) is 42.5 Å². The number of para-hydroxylation sites is 1. The van der Waals surface area contributed by atoms with Gasteiger partial charge in [0.1, 0.15) is 11.5 Å². The van der Waals surface area contributed by atoms with Crippen LogP contribution >= 0.6 is 0 Å². The summed E-state index contributed by atoms with van der Waals surface area (Å²) in [4.78, 5) is 29.7. The number of benzene rings is 2. The van der Waals surface area contributed by atoms with Crippen LogP contribution in [0.4, 0.5) is 0 Å². The molecule has 0 aromatic heterocycles. The molecule has 34 heavy (non-hydrogen) atoms. The van der Waals surface area contributed by atoms with E-state index in [1.165, 1.54) is 19.1 Å². The molecular weight excluding hydrogens is 436 g/mol. The molecule has 8 nitrogen and oxygen atoms in total. The number of likely N-dealkylation sites (tertiary alicyclic amines) is 1. The number of aliphatic hydroxyl groups is 1. The topological polar surface area (TPSA) is 88.5 Å². The monoisotopic (exact) mass is 468 g/mol. The van der Waals surface area contributed by atoms with Crippen LogP contribution in [0.3, 0.4) is 0 Å². The highest BCUT2D eigenvalue weighted by molar-refractivity contribution is 6.46. The minimum Gasteiger partial charge on any atom is -0.507 e. The predicted octanol–water partition coefficient (Wildman–Crippen LogP) is 3.47. The molecule has 1 N–H and O–H groups in total. The fourth-order valence-electron chi connectivity index (χ4n) is 3.99. The number of likely N-dealkylation sites (N-methyl/N-ethyl adjacent to an activating group) is 1. The van der Waals surface area contributed by atoms with Crippen LogP contribution in [0.25, 0.3) is 5.76 Å². The van der Waals surface area contributed by atoms with E-state index >= 15 is 0 Å². The summed E-state index contributed by atoms with van der Waals surface area (Å²) in [7, 11) is 6.79. The lowest BCUT2D eigenvalue weighted by Gasteiger charge is -2.28. The average molecular weight is 469 g/mol. The zero-order chi connectivity index (χ0) is 25.0. The second-order valence-electron chi connectivity index (χ2n) is 8.57. The summed E-state index contributed by atoms with van der Waals surface area (Å²) in [5.41, 5.74) is 0.975. The second-order valence-corrected chi connectivity index (χ2v) is 8.57. The standard InChI is InChI=1S/C26H32N2O6/c1-16(2)34-18-12-10-17(11-13-18)23(29)21-22(19-8-7-9-20(32-5)25(19)33-6)28(15-14-27(3)4)26(31)24(21)30/h7-13,16,22,29H,14-15H2,1-6H3/b23-21+/t22-/m1/s1. The van der Waals surface area contributed by atoms with Gasteiger partial charge < -0.3 is 29.1 Å². The highest BCUT2D eigenvalue weighted by Gasteiger charge is 2.47. The van der Waals surface area contributed by atoms with E-state index in [-0.39, 0.29) is 17.4 Å². The predicted molar refractivity (Wildman–Crippen MR) is 129 cm³/mol. The molecule has 1 aliphatic heterocycles. The molecule has 1 aliphatic rings. The van der Waals surface area contributed by atoms with Crippen molar-refractivity contribution in [3.8, 4) is 17.2 Å². The SMILES string of the molecule is COc1cccc([C@@H]2/C(=C(\O)c3ccc(OC(C)C)cc3)C(=O)C(=O)N2CCN(C)C)c1OC. The lowest BCUT2D eigenvalue weighted by molar-refractivity contribution is -0.140. The number of hydrogen-bond acceptors (Lipinski definition) is 7. The van der Waals surface area contributed by atoms with Gasteiger partial charge in [0.15, 0.2) is 11.5 Å². The van der Waals surface area contributed by atoms with Gasteiger partial charge in [-0.05, 0) is 58.3 Å². The van der Waals surface area contributed by atoms with Gasteiger partial charge in [-0.3, -0.25) is 9.59 Å². The molecule has 8 heteroatoms. The number of methoxy groups -OCH3 is 2. The Bertz CT molecular complexity index is 1080. The number of rotatable bonds is 9. The van der Waals surface area contributed by atoms with Crippen LogP contribution in [-0.4, -0.2) is 74.1 Å². The number of amides is 1. The number of ketones is 1. The molecule has 0 radical (unpaired) electrons. The van der Waals surface area contributed by atoms with Gasteiger partial charge in [0.2, 0.25) is 0 Å². The molecule has 0 spiro atoms. The van der Waals surface area contributed by atoms with Crippen LogP contribution < -0.4 is 14.2 Å². The Hall–Kier alpha value is -3.52. The van der Waals surface area contributed by atoms with E-state index in [2.05, 4.69) is 0 Å². The Morgan fingerprint density at radius 3 is 2.29 bits per heavy atom. The van der Waals surface area contributed by atoms with Gasteiger partial charge in [0.05, 0.1) is 31.9 Å². The van der Waals surface area contributed by atoms with Crippen LogP contribution in [-0.2, 0) is 9.59 Å². The lowest BCUT2D eigenvalue weighted by atomic mass is 9.94. The van der Waals surface area contributed by atoms with Gasteiger partial charge in [0.25, 0.3) is 11.7 Å². The fourth-order valence-corrected chi connectivity index (χ4v) is 3.99. The third-order valence-corrected chi connectivity index (χ3v) is 5.56. The zero-order valence-corrected chi connectivity index (χ0v) is 20.5. The van der Waals surface area contributed by atoms with Gasteiger partial charge in [-0.2, -0.15) is 0 Å². The summed E-state index contributed by atoms with van der Waals surface area (Å²) in [6, 6.07) is 11.2. The maximum atomic E-state index is 13.2. The molecule has 0 saturated carbocycles. The average Bonchev–Trinajstić information content (AvgIpc) is 3.06. The first kappa shape index (κ1) is 25.1. The molecule has 0 aliphatic carbocycles. The van der Waals surface area contributed by atoms with E-state index in [0.29, 0.717) is 41.5 Å². The van der Waals surface area contributed by atoms with E-state index in [4.69, 9.17) is 14.2 Å². The van der Waals surface area contributed by atoms with Crippen molar-refractivity contribution < 1.29 is 28.9 Å². The van der Waals surface area contributed by atoms with E-state index in [0.717, 1.165) is 0 Å². The van der Waals surface area contributed by atoms with Gasteiger partial charge >= 0.3 is 0 Å². The molecule has 1 amide bonds. The third kappa shape index (κ3) is 5.02. The summed E-state index contributed by atoms with van der Waals surface area (Å²) in [6.07, 6.45) is 0.00185. The first-order chi connectivity index (χ1) is 16.2. The number of hydrogen-bond donors (Lipinski definition) is 1. The number of aliphatic hydroxyl groups excluding tert-OH is 1. The van der Waals surface area contributed by atoms with Crippen LogP contribution in [0.5, 0.6) is 17.2 Å². The second kappa shape index (κ2) is 10.6. The lowest BCUT2D eigenvalue weighted by Crippen LogP contribution is -2.35. The number of Topliss-reactive ketones (excluding diaryl/α,β-unsaturated/α-hetero) is 1. The largest absolute Gasteiger partial charge is 0.507 e. The molecule has 2 aromatic rings. The van der Waals surface area contributed by atoms with E-state index in [9.17, 15) is 14.7 Å². The molecule has 0 bridgehead atoms. The van der Waals surface area contributed by atoms with Crippen molar-refractivity contribution in [1.29, 1.82) is 0 Å². The summed E-state index contributed by atoms with van der Waals surface area (Å²) in [6.45, 7) is 4.67. The molecule has 1 atom stereocenters. The van der Waals surface area contributed by atoms with E-state index in [1.807, 2.05) is 32.8 Å². The fraction of sp³-hybridized carbons (Fsp3) is 0.385. The molecule has 1 saturated heterocycles. The van der Waals surface area contributed by atoms with Crippen molar-refractivity contribution in [2.45, 2.75) is 26.0 Å². The minimum absolute atomic E-state index is 0.00185. The van der Waals surface area contributed by atoms with Crippen molar-refractivity contribution in [2.75, 3.05) is 41.4 Å². The molecular formula is C26H32N2O6. The highest BCUT2D eigenvalue weighted by Crippen LogP contribution is 2.45. The third-order valence-electron chi connectivity index (χ3n) is 5.56. The van der Waals surface area contributed by atoms with Crippen molar-refractivity contribution in [3.05, 3.63) is 59.2 Å². The van der Waals surface area contributed by atoms with Crippen molar-refractivity contribution >= 4 is 17.4 Å². The smallest absolute Gasteiger partial charge is 0.295 e. The summed E-state index contributed by atoms with van der Waals surface area (Å²) >= 11 is 0. The molecule has 2 aromatic carbocycles. The summed E-state index contributed by atoms with van der Waals surface area (Å²) in [5, 5.41) is 11.3. The van der Waals surface area contributed by atoms with Gasteiger partial charge in [-0.25, -0.2) is 0 Å². The first-order valence-corrected chi connectivity index (χ1v) is 11.1. The zero-order valence-electron chi connectivity index (χ0n) is 20.5. The van der Waals surface area contributed by atoms with Crippen LogP contribution in [0.1, 0.15) is 31.0 Å². The Morgan fingerprint density at radius 2 is 1.74 bits per heavy atom. The molecule has 1 fully saturated rings.